The zero-order valence-corrected chi connectivity index (χ0v) is 9.74. The molecule has 15 heavy (non-hydrogen) atoms. The summed E-state index contributed by atoms with van der Waals surface area (Å²) in [6.45, 7) is 4.84. The van der Waals surface area contributed by atoms with Crippen LogP contribution in [0.3, 0.4) is 0 Å². The van der Waals surface area contributed by atoms with Gasteiger partial charge < -0.3 is 5.11 Å². The lowest BCUT2D eigenvalue weighted by molar-refractivity contribution is 0.190. The Morgan fingerprint density at radius 1 is 1.40 bits per heavy atom. The molecule has 3 nitrogen and oxygen atoms in total. The molecule has 0 aliphatic heterocycles. The maximum atomic E-state index is 8.91. The van der Waals surface area contributed by atoms with E-state index < -0.39 is 0 Å². The van der Waals surface area contributed by atoms with Crippen molar-refractivity contribution in [2.75, 3.05) is 19.7 Å². The van der Waals surface area contributed by atoms with E-state index in [4.69, 9.17) is 16.7 Å². The van der Waals surface area contributed by atoms with Crippen LogP contribution < -0.4 is 0 Å². The molecule has 4 heteroatoms. The Balaban J connectivity index is 2.53. The molecule has 1 rings (SSSR count). The molecular weight excluding hydrogens is 212 g/mol. The van der Waals surface area contributed by atoms with Crippen molar-refractivity contribution in [1.29, 1.82) is 0 Å². The number of hydrogen-bond donors (Lipinski definition) is 1. The molecule has 84 valence electrons. The summed E-state index contributed by atoms with van der Waals surface area (Å²) in [4.78, 5) is 6.23. The van der Waals surface area contributed by atoms with E-state index >= 15 is 0 Å². The molecule has 0 saturated heterocycles. The summed E-state index contributed by atoms with van der Waals surface area (Å²) in [7, 11) is 0. The van der Waals surface area contributed by atoms with Crippen molar-refractivity contribution in [3.8, 4) is 0 Å². The van der Waals surface area contributed by atoms with Crippen molar-refractivity contribution in [2.45, 2.75) is 19.9 Å². The second kappa shape index (κ2) is 6.77. The average molecular weight is 229 g/mol. The second-order valence-corrected chi connectivity index (χ2v) is 3.88. The second-order valence-electron chi connectivity index (χ2n) is 3.49. The van der Waals surface area contributed by atoms with E-state index in [-0.39, 0.29) is 6.61 Å². The number of nitrogens with zero attached hydrogens (tertiary/aromatic N) is 2. The Morgan fingerprint density at radius 3 is 2.73 bits per heavy atom. The van der Waals surface area contributed by atoms with Gasteiger partial charge in [-0.05, 0) is 24.6 Å². The first kappa shape index (κ1) is 12.4. The number of aliphatic hydroxyl groups is 1. The van der Waals surface area contributed by atoms with Crippen LogP contribution in [-0.4, -0.2) is 34.7 Å². The minimum absolute atomic E-state index is 0.195. The van der Waals surface area contributed by atoms with Crippen LogP contribution in [0.1, 0.15) is 18.9 Å². The molecule has 0 atom stereocenters. The van der Waals surface area contributed by atoms with E-state index in [0.29, 0.717) is 11.7 Å². The van der Waals surface area contributed by atoms with Gasteiger partial charge in [-0.1, -0.05) is 24.6 Å². The zero-order valence-electron chi connectivity index (χ0n) is 8.99. The molecule has 1 aromatic rings. The smallest absolute Gasteiger partial charge is 0.129 e. The largest absolute Gasteiger partial charge is 0.395 e. The Labute approximate surface area is 95.7 Å². The summed E-state index contributed by atoms with van der Waals surface area (Å²) in [6.07, 6.45) is 2.86. The molecule has 0 radical (unpaired) electrons. The minimum atomic E-state index is 0.195. The number of aliphatic hydroxyl groups excluding tert-OH is 1. The molecule has 0 fully saturated rings. The number of hydrogen-bond acceptors (Lipinski definition) is 3. The Kier molecular flexibility index (Phi) is 5.61. The number of rotatable bonds is 6. The quantitative estimate of drug-likeness (QED) is 0.756. The van der Waals surface area contributed by atoms with Crippen LogP contribution in [0.25, 0.3) is 0 Å². The highest BCUT2D eigenvalue weighted by molar-refractivity contribution is 6.29. The molecular formula is C11H17ClN2O. The molecule has 0 unspecified atom stereocenters. The fourth-order valence-electron chi connectivity index (χ4n) is 1.49. The number of halogens is 1. The lowest BCUT2D eigenvalue weighted by atomic mass is 10.2. The summed E-state index contributed by atoms with van der Waals surface area (Å²) in [5, 5.41) is 9.42. The first-order chi connectivity index (χ1) is 7.26. The minimum Gasteiger partial charge on any atom is -0.395 e. The fourth-order valence-corrected chi connectivity index (χ4v) is 1.60. The molecule has 0 aliphatic rings. The van der Waals surface area contributed by atoms with Crippen LogP contribution in [-0.2, 0) is 6.54 Å². The van der Waals surface area contributed by atoms with E-state index in [1.807, 2.05) is 6.07 Å². The highest BCUT2D eigenvalue weighted by Crippen LogP contribution is 2.08. The van der Waals surface area contributed by atoms with Gasteiger partial charge in [-0.3, -0.25) is 4.90 Å². The van der Waals surface area contributed by atoms with Gasteiger partial charge in [-0.25, -0.2) is 4.98 Å². The van der Waals surface area contributed by atoms with Crippen LogP contribution in [0.5, 0.6) is 0 Å². The van der Waals surface area contributed by atoms with Gasteiger partial charge in [0.2, 0.25) is 0 Å². The van der Waals surface area contributed by atoms with Crippen molar-refractivity contribution in [3.63, 3.8) is 0 Å². The molecule has 0 aliphatic carbocycles. The topological polar surface area (TPSA) is 36.4 Å². The summed E-state index contributed by atoms with van der Waals surface area (Å²) in [5.41, 5.74) is 1.13. The van der Waals surface area contributed by atoms with Crippen molar-refractivity contribution in [2.24, 2.45) is 0 Å². The Hall–Kier alpha value is -0.640. The highest BCUT2D eigenvalue weighted by Gasteiger charge is 2.04. The molecule has 1 N–H and O–H groups in total. The fraction of sp³-hybridized carbons (Fsp3) is 0.545. The van der Waals surface area contributed by atoms with Gasteiger partial charge in [0, 0.05) is 19.3 Å². The zero-order chi connectivity index (χ0) is 11.1. The van der Waals surface area contributed by atoms with Gasteiger partial charge in [0.15, 0.2) is 0 Å². The van der Waals surface area contributed by atoms with Crippen molar-refractivity contribution >= 4 is 11.6 Å². The maximum absolute atomic E-state index is 8.91. The third-order valence-electron chi connectivity index (χ3n) is 2.15. The van der Waals surface area contributed by atoms with Crippen LogP contribution in [0.15, 0.2) is 18.3 Å². The van der Waals surface area contributed by atoms with Crippen molar-refractivity contribution in [1.82, 2.24) is 9.88 Å². The van der Waals surface area contributed by atoms with Gasteiger partial charge in [0.1, 0.15) is 5.15 Å². The van der Waals surface area contributed by atoms with Crippen LogP contribution >= 0.6 is 11.6 Å². The normalized spacial score (nSPS) is 10.9. The third kappa shape index (κ3) is 4.60. The van der Waals surface area contributed by atoms with E-state index in [1.165, 1.54) is 0 Å². The lowest BCUT2D eigenvalue weighted by Crippen LogP contribution is -2.27. The van der Waals surface area contributed by atoms with E-state index in [2.05, 4.69) is 16.8 Å². The van der Waals surface area contributed by atoms with Crippen LogP contribution in [0, 0.1) is 0 Å². The maximum Gasteiger partial charge on any atom is 0.129 e. The van der Waals surface area contributed by atoms with Gasteiger partial charge in [-0.15, -0.1) is 0 Å². The standard InChI is InChI=1S/C11H17ClN2O/c1-2-5-14(6-7-15)9-10-3-4-11(12)13-8-10/h3-4,8,15H,2,5-7,9H2,1H3. The van der Waals surface area contributed by atoms with Gasteiger partial charge >= 0.3 is 0 Å². The Morgan fingerprint density at radius 2 is 2.20 bits per heavy atom. The van der Waals surface area contributed by atoms with Crippen molar-refractivity contribution in [3.05, 3.63) is 29.0 Å². The van der Waals surface area contributed by atoms with Gasteiger partial charge in [-0.2, -0.15) is 0 Å². The van der Waals surface area contributed by atoms with Crippen molar-refractivity contribution < 1.29 is 5.11 Å². The summed E-state index contributed by atoms with van der Waals surface area (Å²) in [5.74, 6) is 0. The summed E-state index contributed by atoms with van der Waals surface area (Å²) >= 11 is 5.71. The highest BCUT2D eigenvalue weighted by atomic mass is 35.5. The summed E-state index contributed by atoms with van der Waals surface area (Å²) < 4.78 is 0. The first-order valence-electron chi connectivity index (χ1n) is 5.20. The molecule has 0 bridgehead atoms. The molecule has 0 spiro atoms. The molecule has 1 heterocycles. The van der Waals surface area contributed by atoms with E-state index in [1.54, 1.807) is 12.3 Å². The first-order valence-corrected chi connectivity index (χ1v) is 5.57. The van der Waals surface area contributed by atoms with Gasteiger partial charge in [0.25, 0.3) is 0 Å². The number of pyridine rings is 1. The number of aromatic nitrogens is 1. The lowest BCUT2D eigenvalue weighted by Gasteiger charge is -2.20. The SMILES string of the molecule is CCCN(CCO)Cc1ccc(Cl)nc1. The Bertz CT molecular complexity index is 270. The third-order valence-corrected chi connectivity index (χ3v) is 2.37. The van der Waals surface area contributed by atoms with Gasteiger partial charge in [0.05, 0.1) is 6.61 Å². The molecule has 0 saturated carbocycles. The van der Waals surface area contributed by atoms with Crippen LogP contribution in [0.4, 0.5) is 0 Å². The van der Waals surface area contributed by atoms with E-state index in [9.17, 15) is 0 Å². The predicted molar refractivity (Wildman–Crippen MR) is 61.9 cm³/mol. The van der Waals surface area contributed by atoms with Crippen LogP contribution in [0.2, 0.25) is 5.15 Å². The molecule has 0 aromatic carbocycles. The monoisotopic (exact) mass is 228 g/mol. The average Bonchev–Trinajstić information content (AvgIpc) is 2.22. The predicted octanol–water partition coefficient (Wildman–Crippen LogP) is 1.94. The summed E-state index contributed by atoms with van der Waals surface area (Å²) in [6, 6.07) is 3.76. The molecule has 1 aromatic heterocycles. The van der Waals surface area contributed by atoms with E-state index in [0.717, 1.165) is 25.1 Å². The molecule has 0 amide bonds.